The van der Waals surface area contributed by atoms with Crippen molar-refractivity contribution in [1.29, 1.82) is 0 Å². The maximum absolute atomic E-state index is 11.1. The number of aliphatic hydroxyl groups is 3. The molecule has 2 aliphatic carbocycles. The molecule has 20 heavy (non-hydrogen) atoms. The minimum atomic E-state index is -1.61. The highest BCUT2D eigenvalue weighted by molar-refractivity contribution is 5.86. The van der Waals surface area contributed by atoms with Gasteiger partial charge in [0.2, 0.25) is 0 Å². The van der Waals surface area contributed by atoms with Crippen molar-refractivity contribution in [3.05, 3.63) is 11.6 Å². The van der Waals surface area contributed by atoms with Crippen LogP contribution in [0, 0.1) is 11.3 Å². The highest BCUT2D eigenvalue weighted by Gasteiger charge is 2.64. The minimum absolute atomic E-state index is 0.335. The van der Waals surface area contributed by atoms with Crippen molar-refractivity contribution in [2.24, 2.45) is 11.3 Å². The molecule has 0 amide bonds. The van der Waals surface area contributed by atoms with E-state index < -0.39 is 28.7 Å². The average molecular weight is 284 g/mol. The fourth-order valence-electron chi connectivity index (χ4n) is 4.08. The molecule has 0 aromatic carbocycles. The molecule has 1 saturated carbocycles. The normalized spacial score (nSPS) is 41.8. The van der Waals surface area contributed by atoms with Crippen LogP contribution in [0.2, 0.25) is 0 Å². The first-order chi connectivity index (χ1) is 9.02. The molecule has 2 rings (SSSR count). The van der Waals surface area contributed by atoms with Gasteiger partial charge in [0, 0.05) is 5.57 Å². The van der Waals surface area contributed by atoms with Gasteiger partial charge < -0.3 is 20.4 Å². The number of carbonyl (C=O) groups is 1. The quantitative estimate of drug-likeness (QED) is 0.608. The molecule has 2 aliphatic rings. The molecule has 0 aliphatic heterocycles. The summed E-state index contributed by atoms with van der Waals surface area (Å²) in [5, 5.41) is 40.7. The molecule has 114 valence electrons. The van der Waals surface area contributed by atoms with E-state index in [0.29, 0.717) is 31.3 Å². The van der Waals surface area contributed by atoms with Crippen LogP contribution in [-0.2, 0) is 4.79 Å². The Labute approximate surface area is 118 Å². The molecule has 5 nitrogen and oxygen atoms in total. The summed E-state index contributed by atoms with van der Waals surface area (Å²) < 4.78 is 0. The van der Waals surface area contributed by atoms with E-state index in [4.69, 9.17) is 5.11 Å². The first-order valence-electron chi connectivity index (χ1n) is 7.07. The first-order valence-corrected chi connectivity index (χ1v) is 7.07. The second-order valence-corrected chi connectivity index (χ2v) is 7.09. The number of carboxylic acids is 1. The monoisotopic (exact) mass is 284 g/mol. The standard InChI is InChI=1S/C15H24O5/c1-13(2,19)15(20)10-5-4-9(12(17)18)6-7-14(10,3)8-11(15)16/h6,10-11,16,19-20H,4-5,7-8H2,1-3H3,(H,17,18)/t10-,11+,14+,15-/m0/s1. The van der Waals surface area contributed by atoms with Crippen molar-refractivity contribution in [3.63, 3.8) is 0 Å². The third kappa shape index (κ3) is 2.08. The lowest BCUT2D eigenvalue weighted by Gasteiger charge is -2.45. The number of aliphatic carboxylic acids is 1. The number of allylic oxidation sites excluding steroid dienone is 1. The molecule has 5 heteroatoms. The summed E-state index contributed by atoms with van der Waals surface area (Å²) in [7, 11) is 0. The van der Waals surface area contributed by atoms with Crippen molar-refractivity contribution in [1.82, 2.24) is 0 Å². The lowest BCUT2D eigenvalue weighted by molar-refractivity contribution is -0.200. The van der Waals surface area contributed by atoms with Crippen LogP contribution in [0.1, 0.15) is 46.5 Å². The Bertz CT molecular complexity index is 450. The van der Waals surface area contributed by atoms with Gasteiger partial charge in [-0.2, -0.15) is 0 Å². The van der Waals surface area contributed by atoms with Crippen molar-refractivity contribution in [3.8, 4) is 0 Å². The van der Waals surface area contributed by atoms with Crippen LogP contribution < -0.4 is 0 Å². The van der Waals surface area contributed by atoms with E-state index in [1.54, 1.807) is 6.08 Å². The van der Waals surface area contributed by atoms with E-state index in [-0.39, 0.29) is 5.92 Å². The number of hydrogen-bond acceptors (Lipinski definition) is 4. The van der Waals surface area contributed by atoms with Crippen molar-refractivity contribution < 1.29 is 25.2 Å². The SMILES string of the molecule is CC(C)(O)[C@@]1(O)[C@H](O)C[C@@]2(C)CC=C(C(=O)O)CC[C@@H]21. The smallest absolute Gasteiger partial charge is 0.331 e. The number of carboxylic acid groups (broad SMARTS) is 1. The Kier molecular flexibility index (Phi) is 3.52. The molecule has 0 aromatic heterocycles. The third-order valence-electron chi connectivity index (χ3n) is 5.31. The van der Waals surface area contributed by atoms with Crippen molar-refractivity contribution >= 4 is 5.97 Å². The molecular formula is C15H24O5. The van der Waals surface area contributed by atoms with E-state index in [2.05, 4.69) is 0 Å². The van der Waals surface area contributed by atoms with Crippen LogP contribution in [0.4, 0.5) is 0 Å². The zero-order valence-corrected chi connectivity index (χ0v) is 12.3. The summed E-state index contributed by atoms with van der Waals surface area (Å²) in [5.74, 6) is -1.26. The predicted octanol–water partition coefficient (Wildman–Crippen LogP) is 1.07. The molecule has 0 heterocycles. The van der Waals surface area contributed by atoms with Crippen LogP contribution >= 0.6 is 0 Å². The van der Waals surface area contributed by atoms with E-state index in [1.165, 1.54) is 13.8 Å². The molecule has 0 bridgehead atoms. The molecular weight excluding hydrogens is 260 g/mol. The molecule has 0 unspecified atom stereocenters. The Morgan fingerprint density at radius 3 is 2.55 bits per heavy atom. The highest BCUT2D eigenvalue weighted by Crippen LogP contribution is 2.58. The van der Waals surface area contributed by atoms with Gasteiger partial charge >= 0.3 is 5.97 Å². The molecule has 0 radical (unpaired) electrons. The first kappa shape index (κ1) is 15.5. The minimum Gasteiger partial charge on any atom is -0.478 e. The molecule has 1 fully saturated rings. The number of aliphatic hydroxyl groups excluding tert-OH is 1. The second kappa shape index (κ2) is 4.55. The van der Waals surface area contributed by atoms with E-state index >= 15 is 0 Å². The number of rotatable bonds is 2. The predicted molar refractivity (Wildman–Crippen MR) is 73.0 cm³/mol. The summed E-state index contributed by atoms with van der Waals surface area (Å²) >= 11 is 0. The van der Waals surface area contributed by atoms with Crippen molar-refractivity contribution in [2.45, 2.75) is 63.8 Å². The molecule has 4 N–H and O–H groups in total. The highest BCUT2D eigenvalue weighted by atomic mass is 16.4. The van der Waals surface area contributed by atoms with Gasteiger partial charge in [-0.25, -0.2) is 4.79 Å². The van der Waals surface area contributed by atoms with Gasteiger partial charge in [-0.3, -0.25) is 0 Å². The lowest BCUT2D eigenvalue weighted by atomic mass is 9.67. The average Bonchev–Trinajstić information content (AvgIpc) is 2.44. The number of fused-ring (bicyclic) bond motifs is 1. The van der Waals surface area contributed by atoms with Crippen molar-refractivity contribution in [2.75, 3.05) is 0 Å². The van der Waals surface area contributed by atoms with Gasteiger partial charge in [0.15, 0.2) is 0 Å². The third-order valence-corrected chi connectivity index (χ3v) is 5.31. The lowest BCUT2D eigenvalue weighted by Crippen LogP contribution is -2.60. The van der Waals surface area contributed by atoms with Crippen LogP contribution in [-0.4, -0.2) is 43.7 Å². The van der Waals surface area contributed by atoms with Gasteiger partial charge in [-0.15, -0.1) is 0 Å². The van der Waals surface area contributed by atoms with Gasteiger partial charge in [-0.05, 0) is 50.9 Å². The topological polar surface area (TPSA) is 98.0 Å². The van der Waals surface area contributed by atoms with E-state index in [0.717, 1.165) is 0 Å². The summed E-state index contributed by atoms with van der Waals surface area (Å²) in [6, 6.07) is 0. The van der Waals surface area contributed by atoms with E-state index in [9.17, 15) is 20.1 Å². The Balaban J connectivity index is 2.40. The zero-order chi connectivity index (χ0) is 15.3. The largest absolute Gasteiger partial charge is 0.478 e. The van der Waals surface area contributed by atoms with Gasteiger partial charge in [0.1, 0.15) is 5.60 Å². The van der Waals surface area contributed by atoms with Crippen LogP contribution in [0.3, 0.4) is 0 Å². The Morgan fingerprint density at radius 1 is 1.45 bits per heavy atom. The van der Waals surface area contributed by atoms with E-state index in [1.807, 2.05) is 6.92 Å². The fourth-order valence-corrected chi connectivity index (χ4v) is 4.08. The molecule has 4 atom stereocenters. The van der Waals surface area contributed by atoms with Crippen LogP contribution in [0.5, 0.6) is 0 Å². The van der Waals surface area contributed by atoms with Crippen LogP contribution in [0.25, 0.3) is 0 Å². The zero-order valence-electron chi connectivity index (χ0n) is 12.3. The Morgan fingerprint density at radius 2 is 2.05 bits per heavy atom. The fraction of sp³-hybridized carbons (Fsp3) is 0.800. The van der Waals surface area contributed by atoms with Crippen LogP contribution in [0.15, 0.2) is 11.6 Å². The van der Waals surface area contributed by atoms with Gasteiger partial charge in [-0.1, -0.05) is 13.0 Å². The second-order valence-electron chi connectivity index (χ2n) is 7.09. The summed E-state index contributed by atoms with van der Waals surface area (Å²) in [6.45, 7) is 4.95. The molecule has 0 spiro atoms. The Hall–Kier alpha value is -0.910. The summed E-state index contributed by atoms with van der Waals surface area (Å²) in [5.41, 5.74) is -3.09. The molecule has 0 saturated heterocycles. The number of hydrogen-bond donors (Lipinski definition) is 4. The van der Waals surface area contributed by atoms with Gasteiger partial charge in [0.25, 0.3) is 0 Å². The maximum Gasteiger partial charge on any atom is 0.331 e. The molecule has 0 aromatic rings. The van der Waals surface area contributed by atoms with Gasteiger partial charge in [0.05, 0.1) is 11.7 Å². The summed E-state index contributed by atoms with van der Waals surface area (Å²) in [4.78, 5) is 11.1. The maximum atomic E-state index is 11.1. The summed E-state index contributed by atoms with van der Waals surface area (Å²) in [6.07, 6.45) is 2.35.